The molecule has 1 saturated carbocycles. The van der Waals surface area contributed by atoms with E-state index in [1.165, 1.54) is 37.4 Å². The van der Waals surface area contributed by atoms with Gasteiger partial charge in [0.1, 0.15) is 5.25 Å². The second-order valence-corrected chi connectivity index (χ2v) is 6.02. The molecule has 2 rings (SSSR count). The molecule has 1 aliphatic carbocycles. The van der Waals surface area contributed by atoms with Crippen LogP contribution in [-0.4, -0.2) is 45.5 Å². The largest absolute Gasteiger partial charge is 0.480 e. The Morgan fingerprint density at radius 1 is 1.24 bits per heavy atom. The second-order valence-electron chi connectivity index (χ2n) is 4.83. The van der Waals surface area contributed by atoms with Crippen LogP contribution in [0, 0.1) is 0 Å². The Bertz CT molecular complexity index is 300. The van der Waals surface area contributed by atoms with E-state index in [2.05, 4.69) is 0 Å². The minimum atomic E-state index is -0.791. The molecule has 0 radical (unpaired) electrons. The van der Waals surface area contributed by atoms with Gasteiger partial charge in [0.25, 0.3) is 0 Å². The van der Waals surface area contributed by atoms with Crippen molar-refractivity contribution >= 4 is 23.6 Å². The lowest BCUT2D eigenvalue weighted by Crippen LogP contribution is -2.50. The van der Waals surface area contributed by atoms with Gasteiger partial charge in [0, 0.05) is 12.6 Å². The topological polar surface area (TPSA) is 57.6 Å². The van der Waals surface area contributed by atoms with Crippen LogP contribution in [0.4, 0.5) is 0 Å². The van der Waals surface area contributed by atoms with Gasteiger partial charge in [-0.05, 0) is 12.8 Å². The molecule has 0 aromatic heterocycles. The molecule has 1 amide bonds. The maximum absolute atomic E-state index is 11.9. The smallest absolute Gasteiger partial charge is 0.318 e. The van der Waals surface area contributed by atoms with E-state index in [1.54, 1.807) is 0 Å². The number of carboxylic acids is 1. The first-order valence-electron chi connectivity index (χ1n) is 6.32. The minimum Gasteiger partial charge on any atom is -0.480 e. The number of carbonyl (C=O) groups excluding carboxylic acids is 1. The molecule has 1 heterocycles. The van der Waals surface area contributed by atoms with Crippen molar-refractivity contribution in [3.8, 4) is 0 Å². The number of hydrogen-bond donors (Lipinski definition) is 1. The minimum absolute atomic E-state index is 0.124. The Morgan fingerprint density at radius 2 is 1.88 bits per heavy atom. The van der Waals surface area contributed by atoms with E-state index in [4.69, 9.17) is 5.11 Å². The monoisotopic (exact) mass is 257 g/mol. The summed E-state index contributed by atoms with van der Waals surface area (Å²) in [7, 11) is 0. The molecule has 0 spiro atoms. The Morgan fingerprint density at radius 3 is 2.47 bits per heavy atom. The van der Waals surface area contributed by atoms with Crippen molar-refractivity contribution in [2.75, 3.05) is 12.3 Å². The van der Waals surface area contributed by atoms with Crippen molar-refractivity contribution in [3.05, 3.63) is 0 Å². The summed E-state index contributed by atoms with van der Waals surface area (Å²) in [5, 5.41) is 8.60. The van der Waals surface area contributed by atoms with E-state index < -0.39 is 11.2 Å². The SMILES string of the molecule is O=C(O)C1CN(C2CCCCCC2)C(=O)CS1. The van der Waals surface area contributed by atoms with Gasteiger partial charge < -0.3 is 10.0 Å². The van der Waals surface area contributed by atoms with Crippen LogP contribution in [0.5, 0.6) is 0 Å². The summed E-state index contributed by atoms with van der Waals surface area (Å²) in [5.41, 5.74) is 0. The third-order valence-corrected chi connectivity index (χ3v) is 4.80. The summed E-state index contributed by atoms with van der Waals surface area (Å²) < 4.78 is 0. The molecule has 1 aliphatic heterocycles. The average Bonchev–Trinajstić information content (AvgIpc) is 2.58. The van der Waals surface area contributed by atoms with Gasteiger partial charge in [0.05, 0.1) is 5.75 Å². The van der Waals surface area contributed by atoms with Gasteiger partial charge in [-0.1, -0.05) is 25.7 Å². The predicted octanol–water partition coefficient (Wildman–Crippen LogP) is 1.74. The van der Waals surface area contributed by atoms with Crippen LogP contribution in [0.3, 0.4) is 0 Å². The molecule has 17 heavy (non-hydrogen) atoms. The molecule has 2 fully saturated rings. The maximum Gasteiger partial charge on any atom is 0.318 e. The van der Waals surface area contributed by atoms with E-state index in [-0.39, 0.29) is 11.9 Å². The molecule has 1 N–H and O–H groups in total. The van der Waals surface area contributed by atoms with Gasteiger partial charge >= 0.3 is 5.97 Å². The highest BCUT2D eigenvalue weighted by Crippen LogP contribution is 2.27. The van der Waals surface area contributed by atoms with E-state index in [1.807, 2.05) is 4.90 Å². The van der Waals surface area contributed by atoms with Crippen LogP contribution >= 0.6 is 11.8 Å². The molecular formula is C12H19NO3S. The second kappa shape index (κ2) is 5.76. The fraction of sp³-hybridized carbons (Fsp3) is 0.833. The van der Waals surface area contributed by atoms with E-state index >= 15 is 0 Å². The summed E-state index contributed by atoms with van der Waals surface area (Å²) >= 11 is 1.26. The predicted molar refractivity (Wildman–Crippen MR) is 67.1 cm³/mol. The Labute approximate surface area is 106 Å². The molecule has 0 aromatic rings. The molecule has 5 heteroatoms. The maximum atomic E-state index is 11.9. The van der Waals surface area contributed by atoms with Gasteiger partial charge in [-0.15, -0.1) is 11.8 Å². The molecule has 2 aliphatic rings. The van der Waals surface area contributed by atoms with Crippen LogP contribution in [0.2, 0.25) is 0 Å². The highest BCUT2D eigenvalue weighted by Gasteiger charge is 2.34. The van der Waals surface area contributed by atoms with Gasteiger partial charge in [0.15, 0.2) is 0 Å². The van der Waals surface area contributed by atoms with Crippen molar-refractivity contribution in [2.24, 2.45) is 0 Å². The average molecular weight is 257 g/mol. The molecule has 96 valence electrons. The summed E-state index contributed by atoms with van der Waals surface area (Å²) in [6, 6.07) is 0.285. The lowest BCUT2D eigenvalue weighted by molar-refractivity contribution is -0.138. The van der Waals surface area contributed by atoms with Gasteiger partial charge in [-0.25, -0.2) is 0 Å². The van der Waals surface area contributed by atoms with E-state index in [9.17, 15) is 9.59 Å². The number of aliphatic carboxylic acids is 1. The number of rotatable bonds is 2. The summed E-state index contributed by atoms with van der Waals surface area (Å²) in [6.45, 7) is 0.392. The normalized spacial score (nSPS) is 27.9. The van der Waals surface area contributed by atoms with Crippen molar-refractivity contribution in [1.29, 1.82) is 0 Å². The third kappa shape index (κ3) is 3.15. The van der Waals surface area contributed by atoms with Crippen LogP contribution in [-0.2, 0) is 9.59 Å². The molecular weight excluding hydrogens is 238 g/mol. The van der Waals surface area contributed by atoms with Gasteiger partial charge in [0.2, 0.25) is 5.91 Å². The number of carbonyl (C=O) groups is 2. The summed E-state index contributed by atoms with van der Waals surface area (Å²) in [6.07, 6.45) is 6.91. The van der Waals surface area contributed by atoms with Crippen LogP contribution in [0.15, 0.2) is 0 Å². The van der Waals surface area contributed by atoms with Crippen LogP contribution in [0.1, 0.15) is 38.5 Å². The number of carboxylic acid groups (broad SMARTS) is 1. The first kappa shape index (κ1) is 12.7. The van der Waals surface area contributed by atoms with Crippen molar-refractivity contribution < 1.29 is 14.7 Å². The Balaban J connectivity index is 2.00. The number of nitrogens with zero attached hydrogens (tertiary/aromatic N) is 1. The molecule has 1 atom stereocenters. The van der Waals surface area contributed by atoms with Crippen LogP contribution < -0.4 is 0 Å². The standard InChI is InChI=1S/C12H19NO3S/c14-11-8-17-10(12(15)16)7-13(11)9-5-3-1-2-4-6-9/h9-10H,1-8H2,(H,15,16). The lowest BCUT2D eigenvalue weighted by Gasteiger charge is -2.36. The zero-order valence-corrected chi connectivity index (χ0v) is 10.7. The van der Waals surface area contributed by atoms with Crippen molar-refractivity contribution in [3.63, 3.8) is 0 Å². The first-order chi connectivity index (χ1) is 8.18. The lowest BCUT2D eigenvalue weighted by atomic mass is 10.1. The van der Waals surface area contributed by atoms with Crippen molar-refractivity contribution in [2.45, 2.75) is 49.8 Å². The fourth-order valence-electron chi connectivity index (χ4n) is 2.66. The number of amides is 1. The van der Waals surface area contributed by atoms with E-state index in [0.29, 0.717) is 12.3 Å². The van der Waals surface area contributed by atoms with Gasteiger partial charge in [-0.3, -0.25) is 9.59 Å². The van der Waals surface area contributed by atoms with Crippen LogP contribution in [0.25, 0.3) is 0 Å². The molecule has 4 nitrogen and oxygen atoms in total. The summed E-state index contributed by atoms with van der Waals surface area (Å²) in [5.74, 6) is -0.339. The Hall–Kier alpha value is -0.710. The quantitative estimate of drug-likeness (QED) is 0.766. The highest BCUT2D eigenvalue weighted by atomic mass is 32.2. The van der Waals surface area contributed by atoms with E-state index in [0.717, 1.165) is 12.8 Å². The van der Waals surface area contributed by atoms with Gasteiger partial charge in [-0.2, -0.15) is 0 Å². The third-order valence-electron chi connectivity index (χ3n) is 3.63. The zero-order valence-electron chi connectivity index (χ0n) is 9.93. The summed E-state index contributed by atoms with van der Waals surface area (Å²) in [4.78, 5) is 24.7. The number of hydrogen-bond acceptors (Lipinski definition) is 3. The molecule has 1 unspecified atom stereocenters. The molecule has 0 bridgehead atoms. The molecule has 0 aromatic carbocycles. The first-order valence-corrected chi connectivity index (χ1v) is 7.37. The highest BCUT2D eigenvalue weighted by molar-refractivity contribution is 8.01. The fourth-order valence-corrected chi connectivity index (χ4v) is 3.58. The Kier molecular flexibility index (Phi) is 4.31. The molecule has 1 saturated heterocycles. The number of thioether (sulfide) groups is 1. The van der Waals surface area contributed by atoms with Crippen molar-refractivity contribution in [1.82, 2.24) is 4.90 Å². The zero-order chi connectivity index (χ0) is 12.3.